The summed E-state index contributed by atoms with van der Waals surface area (Å²) in [6.07, 6.45) is 1.82. The minimum Gasteiger partial charge on any atom is -0.326 e. The highest BCUT2D eigenvalue weighted by Crippen LogP contribution is 2.13. The molecule has 1 aromatic heterocycles. The zero-order chi connectivity index (χ0) is 8.43. The van der Waals surface area contributed by atoms with Crippen molar-refractivity contribution in [3.8, 4) is 0 Å². The first-order chi connectivity index (χ1) is 5.16. The van der Waals surface area contributed by atoms with Crippen LogP contribution in [0.3, 0.4) is 0 Å². The molecule has 1 aromatic rings. The van der Waals surface area contributed by atoms with Crippen LogP contribution in [0, 0.1) is 6.92 Å². The third-order valence-electron chi connectivity index (χ3n) is 1.70. The fourth-order valence-electron chi connectivity index (χ4n) is 1.15. The molecule has 2 N–H and O–H groups in total. The zero-order valence-corrected chi connectivity index (χ0v) is 6.96. The van der Waals surface area contributed by atoms with Crippen molar-refractivity contribution in [2.24, 2.45) is 12.8 Å². The second-order valence-electron chi connectivity index (χ2n) is 2.61. The summed E-state index contributed by atoms with van der Waals surface area (Å²) in [5.41, 5.74) is 8.57. The minimum atomic E-state index is 0.486. The molecule has 3 heteroatoms. The molecule has 0 radical (unpaired) electrons. The first kappa shape index (κ1) is 8.01. The van der Waals surface area contributed by atoms with Gasteiger partial charge in [0.25, 0.3) is 0 Å². The molecule has 0 aliphatic rings. The summed E-state index contributed by atoms with van der Waals surface area (Å²) < 4.78 is 1.80. The van der Waals surface area contributed by atoms with Crippen LogP contribution < -0.4 is 5.73 Å². The third-order valence-corrected chi connectivity index (χ3v) is 1.70. The molecule has 0 fully saturated rings. The summed E-state index contributed by atoms with van der Waals surface area (Å²) in [5.74, 6) is 0. The van der Waals surface area contributed by atoms with Crippen molar-refractivity contribution in [1.82, 2.24) is 9.78 Å². The molecule has 1 rings (SSSR count). The predicted octanol–water partition coefficient (Wildman–Crippen LogP) is 0.700. The molecule has 11 heavy (non-hydrogen) atoms. The van der Waals surface area contributed by atoms with Crippen LogP contribution >= 0.6 is 0 Å². The van der Waals surface area contributed by atoms with Gasteiger partial charge in [0.2, 0.25) is 0 Å². The molecule has 0 atom stereocenters. The van der Waals surface area contributed by atoms with E-state index in [1.54, 1.807) is 4.68 Å². The van der Waals surface area contributed by atoms with E-state index < -0.39 is 0 Å². The van der Waals surface area contributed by atoms with Gasteiger partial charge in [-0.3, -0.25) is 4.68 Å². The highest BCUT2D eigenvalue weighted by atomic mass is 15.3. The molecule has 60 valence electrons. The predicted molar refractivity (Wildman–Crippen MR) is 46.0 cm³/mol. The van der Waals surface area contributed by atoms with Crippen molar-refractivity contribution in [3.63, 3.8) is 0 Å². The van der Waals surface area contributed by atoms with Crippen molar-refractivity contribution >= 4 is 5.57 Å². The lowest BCUT2D eigenvalue weighted by Gasteiger charge is -2.03. The molecule has 0 bridgehead atoms. The largest absolute Gasteiger partial charge is 0.326 e. The average molecular weight is 151 g/mol. The molecule has 0 unspecified atom stereocenters. The van der Waals surface area contributed by atoms with Gasteiger partial charge in [0.15, 0.2) is 0 Å². The molecular weight excluding hydrogens is 138 g/mol. The highest BCUT2D eigenvalue weighted by molar-refractivity contribution is 5.64. The molecule has 0 aliphatic heterocycles. The number of nitrogens with zero attached hydrogens (tertiary/aromatic N) is 2. The van der Waals surface area contributed by atoms with E-state index in [2.05, 4.69) is 11.7 Å². The van der Waals surface area contributed by atoms with Gasteiger partial charge in [-0.2, -0.15) is 5.10 Å². The van der Waals surface area contributed by atoms with E-state index >= 15 is 0 Å². The van der Waals surface area contributed by atoms with E-state index in [1.165, 1.54) is 0 Å². The SMILES string of the molecule is C=C(CN)c1c(C)cnn1C. The summed E-state index contributed by atoms with van der Waals surface area (Å²) in [5, 5.41) is 4.09. The number of hydrogen-bond donors (Lipinski definition) is 1. The van der Waals surface area contributed by atoms with Crippen molar-refractivity contribution < 1.29 is 0 Å². The highest BCUT2D eigenvalue weighted by Gasteiger charge is 2.05. The fraction of sp³-hybridized carbons (Fsp3) is 0.375. The Morgan fingerprint density at radius 2 is 2.45 bits per heavy atom. The fourth-order valence-corrected chi connectivity index (χ4v) is 1.15. The van der Waals surface area contributed by atoms with Crippen LogP contribution in [0.15, 0.2) is 12.8 Å². The lowest BCUT2D eigenvalue weighted by Crippen LogP contribution is -2.06. The third kappa shape index (κ3) is 1.33. The van der Waals surface area contributed by atoms with Gasteiger partial charge in [0.05, 0.1) is 11.9 Å². The average Bonchev–Trinajstić information content (AvgIpc) is 2.30. The maximum atomic E-state index is 5.46. The zero-order valence-electron chi connectivity index (χ0n) is 6.96. The Balaban J connectivity index is 3.10. The Morgan fingerprint density at radius 3 is 2.82 bits per heavy atom. The number of aromatic nitrogens is 2. The topological polar surface area (TPSA) is 43.8 Å². The molecule has 0 aromatic carbocycles. The second-order valence-corrected chi connectivity index (χ2v) is 2.61. The van der Waals surface area contributed by atoms with Crippen LogP contribution in [0.5, 0.6) is 0 Å². The summed E-state index contributed by atoms with van der Waals surface area (Å²) >= 11 is 0. The van der Waals surface area contributed by atoms with Crippen LogP contribution in [0.25, 0.3) is 5.57 Å². The monoisotopic (exact) mass is 151 g/mol. The summed E-state index contributed by atoms with van der Waals surface area (Å²) in [6.45, 7) is 6.34. The van der Waals surface area contributed by atoms with Gasteiger partial charge in [-0.25, -0.2) is 0 Å². The summed E-state index contributed by atoms with van der Waals surface area (Å²) in [6, 6.07) is 0. The van der Waals surface area contributed by atoms with Gasteiger partial charge >= 0.3 is 0 Å². The molecule has 0 amide bonds. The number of rotatable bonds is 2. The van der Waals surface area contributed by atoms with Crippen LogP contribution in [0.1, 0.15) is 11.3 Å². The normalized spacial score (nSPS) is 10.1. The maximum Gasteiger partial charge on any atom is 0.0674 e. The van der Waals surface area contributed by atoms with Gasteiger partial charge in [0.1, 0.15) is 0 Å². The smallest absolute Gasteiger partial charge is 0.0674 e. The molecule has 0 saturated carbocycles. The molecule has 0 aliphatic carbocycles. The quantitative estimate of drug-likeness (QED) is 0.676. The van der Waals surface area contributed by atoms with E-state index in [4.69, 9.17) is 5.73 Å². The lowest BCUT2D eigenvalue weighted by molar-refractivity contribution is 0.754. The molecule has 0 spiro atoms. The molecule has 3 nitrogen and oxygen atoms in total. The van der Waals surface area contributed by atoms with Crippen LogP contribution in [-0.4, -0.2) is 16.3 Å². The van der Waals surface area contributed by atoms with Crippen molar-refractivity contribution in [1.29, 1.82) is 0 Å². The molecule has 1 heterocycles. The van der Waals surface area contributed by atoms with Gasteiger partial charge in [0, 0.05) is 13.6 Å². The van der Waals surface area contributed by atoms with Crippen molar-refractivity contribution in [3.05, 3.63) is 24.0 Å². The van der Waals surface area contributed by atoms with E-state index in [9.17, 15) is 0 Å². The van der Waals surface area contributed by atoms with Crippen molar-refractivity contribution in [2.45, 2.75) is 6.92 Å². The lowest BCUT2D eigenvalue weighted by atomic mass is 10.1. The first-order valence-corrected chi connectivity index (χ1v) is 3.53. The Morgan fingerprint density at radius 1 is 1.82 bits per heavy atom. The molecular formula is C8H13N3. The Bertz CT molecular complexity index is 253. The standard InChI is InChI=1S/C8H13N3/c1-6(4-9)8-7(2)5-10-11(8)3/h5H,1,4,9H2,2-3H3. The Kier molecular flexibility index (Phi) is 2.10. The van der Waals surface area contributed by atoms with Crippen LogP contribution in [-0.2, 0) is 7.05 Å². The number of aryl methyl sites for hydroxylation is 2. The van der Waals surface area contributed by atoms with Gasteiger partial charge in [-0.1, -0.05) is 6.58 Å². The van der Waals surface area contributed by atoms with Crippen LogP contribution in [0.4, 0.5) is 0 Å². The summed E-state index contributed by atoms with van der Waals surface area (Å²) in [7, 11) is 1.89. The van der Waals surface area contributed by atoms with Crippen molar-refractivity contribution in [2.75, 3.05) is 6.54 Å². The van der Waals surface area contributed by atoms with E-state index in [1.807, 2.05) is 20.2 Å². The number of nitrogens with two attached hydrogens (primary N) is 1. The Hall–Kier alpha value is -1.09. The van der Waals surface area contributed by atoms with E-state index in [0.29, 0.717) is 6.54 Å². The summed E-state index contributed by atoms with van der Waals surface area (Å²) in [4.78, 5) is 0. The van der Waals surface area contributed by atoms with E-state index in [-0.39, 0.29) is 0 Å². The van der Waals surface area contributed by atoms with E-state index in [0.717, 1.165) is 16.8 Å². The van der Waals surface area contributed by atoms with Gasteiger partial charge < -0.3 is 5.73 Å². The first-order valence-electron chi connectivity index (χ1n) is 3.53. The van der Waals surface area contributed by atoms with Gasteiger partial charge in [-0.15, -0.1) is 0 Å². The van der Waals surface area contributed by atoms with Gasteiger partial charge in [-0.05, 0) is 18.1 Å². The second kappa shape index (κ2) is 2.88. The Labute approximate surface area is 66.5 Å². The van der Waals surface area contributed by atoms with Crippen LogP contribution in [0.2, 0.25) is 0 Å². The number of hydrogen-bond acceptors (Lipinski definition) is 2. The maximum absolute atomic E-state index is 5.46. The molecule has 0 saturated heterocycles. The minimum absolute atomic E-state index is 0.486.